The van der Waals surface area contributed by atoms with Crippen molar-refractivity contribution < 1.29 is 8.83 Å². The number of fused-ring (bicyclic) bond motifs is 9. The van der Waals surface area contributed by atoms with E-state index in [-0.39, 0.29) is 0 Å². The fourth-order valence-corrected chi connectivity index (χ4v) is 8.12. The van der Waals surface area contributed by atoms with Gasteiger partial charge >= 0.3 is 0 Å². The third-order valence-electron chi connectivity index (χ3n) is 10.6. The topological polar surface area (TPSA) is 29.5 Å². The highest BCUT2D eigenvalue weighted by atomic mass is 16.3. The van der Waals surface area contributed by atoms with Gasteiger partial charge in [-0.05, 0) is 98.9 Å². The normalized spacial score (nSPS) is 11.8. The van der Waals surface area contributed by atoms with Gasteiger partial charge in [-0.3, -0.25) is 0 Å². The van der Waals surface area contributed by atoms with Crippen molar-refractivity contribution in [3.63, 3.8) is 0 Å². The van der Waals surface area contributed by atoms with Crippen LogP contribution >= 0.6 is 0 Å². The summed E-state index contributed by atoms with van der Waals surface area (Å²) in [4.78, 5) is 2.38. The van der Waals surface area contributed by atoms with E-state index < -0.39 is 0 Å². The standard InChI is InChI=1S/C50H31NO2/c1-2-10-32(11-3-1)35-20-23-39(24-21-35)51(40-25-22-34-13-5-7-15-37(34)31-40)43-27-26-42-49-46(29-28-45-48(49)41-16-8-9-17-44(41)52-45)53-50(42)47(43)38-19-18-33-12-4-6-14-36(33)30-38/h1-31H. The average molecular weight is 678 g/mol. The van der Waals surface area contributed by atoms with E-state index in [1.54, 1.807) is 0 Å². The van der Waals surface area contributed by atoms with Crippen molar-refractivity contribution in [2.24, 2.45) is 0 Å². The number of rotatable bonds is 5. The molecule has 248 valence electrons. The maximum Gasteiger partial charge on any atom is 0.145 e. The first kappa shape index (κ1) is 29.6. The second-order valence-electron chi connectivity index (χ2n) is 13.7. The van der Waals surface area contributed by atoms with Gasteiger partial charge in [0.25, 0.3) is 0 Å². The number of hydrogen-bond donors (Lipinski definition) is 0. The summed E-state index contributed by atoms with van der Waals surface area (Å²) in [7, 11) is 0. The predicted molar refractivity (Wildman–Crippen MR) is 222 cm³/mol. The Morgan fingerprint density at radius 2 is 0.925 bits per heavy atom. The second-order valence-corrected chi connectivity index (χ2v) is 13.7. The minimum Gasteiger partial charge on any atom is -0.456 e. The van der Waals surface area contributed by atoms with E-state index in [0.717, 1.165) is 72.1 Å². The molecule has 0 spiro atoms. The van der Waals surface area contributed by atoms with Crippen LogP contribution in [0, 0.1) is 0 Å². The Labute approximate surface area is 305 Å². The molecule has 0 radical (unpaired) electrons. The third-order valence-corrected chi connectivity index (χ3v) is 10.6. The molecule has 2 heterocycles. The first-order chi connectivity index (χ1) is 26.3. The maximum absolute atomic E-state index is 7.02. The van der Waals surface area contributed by atoms with Crippen LogP contribution in [0.1, 0.15) is 0 Å². The lowest BCUT2D eigenvalue weighted by Gasteiger charge is -2.28. The third kappa shape index (κ3) is 4.75. The molecule has 0 amide bonds. The smallest absolute Gasteiger partial charge is 0.145 e. The highest BCUT2D eigenvalue weighted by molar-refractivity contribution is 6.27. The van der Waals surface area contributed by atoms with Crippen LogP contribution in [0.25, 0.3) is 87.7 Å². The second kappa shape index (κ2) is 11.7. The van der Waals surface area contributed by atoms with Crippen LogP contribution in [0.15, 0.2) is 197 Å². The monoisotopic (exact) mass is 677 g/mol. The van der Waals surface area contributed by atoms with Crippen LogP contribution in [-0.4, -0.2) is 0 Å². The molecule has 0 unspecified atom stereocenters. The van der Waals surface area contributed by atoms with Crippen LogP contribution < -0.4 is 4.90 Å². The van der Waals surface area contributed by atoms with Gasteiger partial charge < -0.3 is 13.7 Å². The van der Waals surface area contributed by atoms with E-state index in [1.165, 1.54) is 32.7 Å². The molecule has 53 heavy (non-hydrogen) atoms. The molecule has 9 aromatic carbocycles. The SMILES string of the molecule is c1ccc(-c2ccc(N(c3ccc4ccccc4c3)c3ccc4c(oc5ccc6oc7ccccc7c6c54)c3-c3ccc4ccccc4c3)cc2)cc1. The fraction of sp³-hybridized carbons (Fsp3) is 0. The molecule has 0 atom stereocenters. The average Bonchev–Trinajstić information content (AvgIpc) is 3.79. The summed E-state index contributed by atoms with van der Waals surface area (Å²) in [6, 6.07) is 66.8. The zero-order chi connectivity index (χ0) is 34.9. The Kier molecular flexibility index (Phi) is 6.55. The van der Waals surface area contributed by atoms with E-state index in [1.807, 2.05) is 24.3 Å². The van der Waals surface area contributed by atoms with Gasteiger partial charge in [0.1, 0.15) is 22.3 Å². The Hall–Kier alpha value is -7.10. The van der Waals surface area contributed by atoms with Gasteiger partial charge in [-0.25, -0.2) is 0 Å². The lowest BCUT2D eigenvalue weighted by Crippen LogP contribution is -2.11. The molecule has 0 fully saturated rings. The van der Waals surface area contributed by atoms with E-state index in [4.69, 9.17) is 8.83 Å². The van der Waals surface area contributed by atoms with Gasteiger partial charge in [0.2, 0.25) is 0 Å². The Morgan fingerprint density at radius 3 is 1.72 bits per heavy atom. The largest absolute Gasteiger partial charge is 0.456 e. The summed E-state index contributed by atoms with van der Waals surface area (Å²) in [5.74, 6) is 0. The number of hydrogen-bond acceptors (Lipinski definition) is 3. The number of nitrogens with zero attached hydrogens (tertiary/aromatic N) is 1. The molecule has 3 nitrogen and oxygen atoms in total. The Balaban J connectivity index is 1.23. The highest BCUT2D eigenvalue weighted by Crippen LogP contribution is 2.49. The molecule has 2 aromatic heterocycles. The van der Waals surface area contributed by atoms with Crippen LogP contribution in [0.5, 0.6) is 0 Å². The predicted octanol–water partition coefficient (Wildman–Crippen LogP) is 14.6. The minimum atomic E-state index is 0.836. The van der Waals surface area contributed by atoms with Crippen LogP contribution in [0.2, 0.25) is 0 Å². The van der Waals surface area contributed by atoms with Crippen LogP contribution in [0.4, 0.5) is 17.1 Å². The lowest BCUT2D eigenvalue weighted by molar-refractivity contribution is 0.663. The molecule has 3 heteroatoms. The summed E-state index contributed by atoms with van der Waals surface area (Å²) in [5, 5.41) is 9.06. The number of benzene rings is 9. The minimum absolute atomic E-state index is 0.836. The molecular formula is C50H31NO2. The zero-order valence-electron chi connectivity index (χ0n) is 28.7. The van der Waals surface area contributed by atoms with Gasteiger partial charge in [-0.15, -0.1) is 0 Å². The van der Waals surface area contributed by atoms with Gasteiger partial charge in [0, 0.05) is 38.5 Å². The summed E-state index contributed by atoms with van der Waals surface area (Å²) in [6.07, 6.45) is 0. The quantitative estimate of drug-likeness (QED) is 0.182. The first-order valence-electron chi connectivity index (χ1n) is 18.0. The molecule has 0 saturated heterocycles. The molecule has 0 saturated carbocycles. The van der Waals surface area contributed by atoms with Gasteiger partial charge in [-0.2, -0.15) is 0 Å². The molecule has 0 aliphatic rings. The first-order valence-corrected chi connectivity index (χ1v) is 18.0. The molecule has 0 bridgehead atoms. The molecule has 11 rings (SSSR count). The number of para-hydroxylation sites is 1. The maximum atomic E-state index is 7.02. The molecule has 0 aliphatic carbocycles. The summed E-state index contributed by atoms with van der Waals surface area (Å²) in [6.45, 7) is 0. The highest BCUT2D eigenvalue weighted by Gasteiger charge is 2.25. The van der Waals surface area contributed by atoms with Crippen molar-refractivity contribution in [3.8, 4) is 22.3 Å². The van der Waals surface area contributed by atoms with Crippen molar-refractivity contribution in [2.45, 2.75) is 0 Å². The van der Waals surface area contributed by atoms with Crippen LogP contribution in [-0.2, 0) is 0 Å². The summed E-state index contributed by atoms with van der Waals surface area (Å²) >= 11 is 0. The number of furan rings is 2. The van der Waals surface area contributed by atoms with Crippen molar-refractivity contribution in [1.82, 2.24) is 0 Å². The van der Waals surface area contributed by atoms with Crippen molar-refractivity contribution in [1.29, 1.82) is 0 Å². The Morgan fingerprint density at radius 1 is 0.340 bits per heavy atom. The molecule has 0 N–H and O–H groups in total. The van der Waals surface area contributed by atoms with Crippen molar-refractivity contribution in [2.75, 3.05) is 4.90 Å². The van der Waals surface area contributed by atoms with Gasteiger partial charge in [-0.1, -0.05) is 127 Å². The van der Waals surface area contributed by atoms with Crippen molar-refractivity contribution >= 4 is 82.5 Å². The molecule has 0 aliphatic heterocycles. The summed E-state index contributed by atoms with van der Waals surface area (Å²) in [5.41, 5.74) is 11.0. The Bertz CT molecular complexity index is 3170. The summed E-state index contributed by atoms with van der Waals surface area (Å²) < 4.78 is 13.4. The van der Waals surface area contributed by atoms with Gasteiger partial charge in [0.05, 0.1) is 5.69 Å². The number of anilines is 3. The molecular weight excluding hydrogens is 647 g/mol. The van der Waals surface area contributed by atoms with Crippen molar-refractivity contribution in [3.05, 3.63) is 188 Å². The van der Waals surface area contributed by atoms with E-state index >= 15 is 0 Å². The van der Waals surface area contributed by atoms with E-state index in [2.05, 4.69) is 169 Å². The fourth-order valence-electron chi connectivity index (χ4n) is 8.12. The zero-order valence-corrected chi connectivity index (χ0v) is 28.7. The van der Waals surface area contributed by atoms with Gasteiger partial charge in [0.15, 0.2) is 0 Å². The lowest BCUT2D eigenvalue weighted by atomic mass is 9.95. The molecule has 11 aromatic rings. The van der Waals surface area contributed by atoms with E-state index in [9.17, 15) is 0 Å². The van der Waals surface area contributed by atoms with E-state index in [0.29, 0.717) is 0 Å². The van der Waals surface area contributed by atoms with Crippen LogP contribution in [0.3, 0.4) is 0 Å².